The summed E-state index contributed by atoms with van der Waals surface area (Å²) in [6, 6.07) is 0. The fourth-order valence-electron chi connectivity index (χ4n) is 9.41. The van der Waals surface area contributed by atoms with Crippen LogP contribution < -0.4 is 0 Å². The largest absolute Gasteiger partial charge is 0.392 e. The maximum absolute atomic E-state index is 10.7. The number of hydrogen-bond donors (Lipinski definition) is 1. The predicted molar refractivity (Wildman–Crippen MR) is 128 cm³/mol. The molecule has 0 spiro atoms. The van der Waals surface area contributed by atoms with E-state index in [0.717, 1.165) is 41.9 Å². The third kappa shape index (κ3) is 3.45. The molecule has 4 aliphatic rings. The summed E-state index contributed by atoms with van der Waals surface area (Å²) in [7, 11) is 0. The molecule has 0 bridgehead atoms. The Hall–Kier alpha value is -0.300. The molecule has 3 saturated carbocycles. The van der Waals surface area contributed by atoms with Crippen molar-refractivity contribution in [2.75, 3.05) is 0 Å². The van der Waals surface area contributed by atoms with Gasteiger partial charge in [-0.15, -0.1) is 0 Å². The molecule has 0 radical (unpaired) electrons. The molecule has 0 aliphatic heterocycles. The molecule has 8 atom stereocenters. The van der Waals surface area contributed by atoms with E-state index >= 15 is 0 Å². The summed E-state index contributed by atoms with van der Waals surface area (Å²) in [4.78, 5) is 0. The van der Waals surface area contributed by atoms with Gasteiger partial charge >= 0.3 is 0 Å². The minimum absolute atomic E-state index is 0.0398. The van der Waals surface area contributed by atoms with E-state index in [-0.39, 0.29) is 11.5 Å². The van der Waals surface area contributed by atoms with Gasteiger partial charge in [-0.05, 0) is 91.3 Å². The van der Waals surface area contributed by atoms with E-state index in [1.54, 1.807) is 5.57 Å². The molecule has 0 amide bonds. The van der Waals surface area contributed by atoms with Crippen molar-refractivity contribution in [3.63, 3.8) is 0 Å². The van der Waals surface area contributed by atoms with Gasteiger partial charge in [0.2, 0.25) is 0 Å². The number of rotatable bonds is 5. The summed E-state index contributed by atoms with van der Waals surface area (Å²) < 4.78 is 0. The normalized spacial score (nSPS) is 46.0. The van der Waals surface area contributed by atoms with Crippen molar-refractivity contribution in [1.29, 1.82) is 0 Å². The standard InChI is InChI=1S/C29H50O/c1-19(2)9-8-10-20(3)22-12-13-23-21-11-14-25-27(4,5)26(30)16-18-29(25,7)24(21)15-17-28(22,23)6/h14,19-24,26,30H,8-13,15-18H2,1-7H3/t20-,21-,22+,23-,24-,26+,28+,29+/m0/s1. The van der Waals surface area contributed by atoms with Gasteiger partial charge in [0.1, 0.15) is 0 Å². The van der Waals surface area contributed by atoms with Gasteiger partial charge in [0.15, 0.2) is 0 Å². The van der Waals surface area contributed by atoms with Crippen molar-refractivity contribution in [3.05, 3.63) is 11.6 Å². The lowest BCUT2D eigenvalue weighted by molar-refractivity contribution is -0.0782. The van der Waals surface area contributed by atoms with Crippen molar-refractivity contribution in [2.45, 2.75) is 119 Å². The molecule has 0 unspecified atom stereocenters. The van der Waals surface area contributed by atoms with Crippen LogP contribution in [0.5, 0.6) is 0 Å². The van der Waals surface area contributed by atoms with Crippen molar-refractivity contribution in [2.24, 2.45) is 51.8 Å². The maximum Gasteiger partial charge on any atom is 0.0628 e. The van der Waals surface area contributed by atoms with Gasteiger partial charge in [0.25, 0.3) is 0 Å². The van der Waals surface area contributed by atoms with Crippen LogP contribution in [0.15, 0.2) is 11.6 Å². The van der Waals surface area contributed by atoms with Crippen molar-refractivity contribution in [3.8, 4) is 0 Å². The maximum atomic E-state index is 10.7. The second-order valence-corrected chi connectivity index (χ2v) is 13.5. The highest BCUT2D eigenvalue weighted by molar-refractivity contribution is 5.31. The smallest absolute Gasteiger partial charge is 0.0628 e. The fourth-order valence-corrected chi connectivity index (χ4v) is 9.41. The van der Waals surface area contributed by atoms with Crippen LogP contribution in [0.4, 0.5) is 0 Å². The lowest BCUT2D eigenvalue weighted by Crippen LogP contribution is -2.54. The molecule has 1 heteroatoms. The van der Waals surface area contributed by atoms with Crippen LogP contribution >= 0.6 is 0 Å². The number of aliphatic hydroxyl groups is 1. The van der Waals surface area contributed by atoms with Gasteiger partial charge in [-0.1, -0.05) is 79.4 Å². The summed E-state index contributed by atoms with van der Waals surface area (Å²) in [5, 5.41) is 10.7. The Balaban J connectivity index is 1.54. The minimum Gasteiger partial charge on any atom is -0.392 e. The zero-order chi connectivity index (χ0) is 21.9. The molecule has 0 aromatic carbocycles. The molecular formula is C29H50O. The lowest BCUT2D eigenvalue weighted by Gasteiger charge is -2.61. The van der Waals surface area contributed by atoms with E-state index in [9.17, 15) is 5.11 Å². The molecule has 0 aromatic heterocycles. The Morgan fingerprint density at radius 2 is 1.67 bits per heavy atom. The first-order chi connectivity index (χ1) is 14.0. The van der Waals surface area contributed by atoms with Crippen molar-refractivity contribution in [1.82, 2.24) is 0 Å². The number of hydrogen-bond acceptors (Lipinski definition) is 1. The van der Waals surface area contributed by atoms with Crippen molar-refractivity contribution < 1.29 is 5.11 Å². The average molecular weight is 415 g/mol. The van der Waals surface area contributed by atoms with Crippen LogP contribution in [-0.2, 0) is 0 Å². The first-order valence-corrected chi connectivity index (χ1v) is 13.4. The zero-order valence-corrected chi connectivity index (χ0v) is 21.1. The minimum atomic E-state index is -0.162. The van der Waals surface area contributed by atoms with E-state index < -0.39 is 0 Å². The van der Waals surface area contributed by atoms with Crippen LogP contribution in [0, 0.1) is 51.8 Å². The Kier molecular flexibility index (Phi) is 6.05. The van der Waals surface area contributed by atoms with Crippen LogP contribution in [-0.4, -0.2) is 11.2 Å². The summed E-state index contributed by atoms with van der Waals surface area (Å²) in [6.45, 7) is 17.2. The summed E-state index contributed by atoms with van der Waals surface area (Å²) in [5.74, 6) is 5.34. The van der Waals surface area contributed by atoms with E-state index in [1.165, 1.54) is 57.8 Å². The number of aliphatic hydroxyl groups excluding tert-OH is 1. The highest BCUT2D eigenvalue weighted by Crippen LogP contribution is 2.68. The average Bonchev–Trinajstić information content (AvgIpc) is 3.02. The van der Waals surface area contributed by atoms with Gasteiger partial charge in [-0.3, -0.25) is 0 Å². The second kappa shape index (κ2) is 7.93. The Morgan fingerprint density at radius 3 is 2.37 bits per heavy atom. The molecule has 0 heterocycles. The topological polar surface area (TPSA) is 20.2 Å². The van der Waals surface area contributed by atoms with Crippen LogP contribution in [0.25, 0.3) is 0 Å². The molecule has 3 fully saturated rings. The summed E-state index contributed by atoms with van der Waals surface area (Å²) in [5.41, 5.74) is 2.47. The van der Waals surface area contributed by atoms with Gasteiger partial charge < -0.3 is 5.11 Å². The summed E-state index contributed by atoms with van der Waals surface area (Å²) >= 11 is 0. The van der Waals surface area contributed by atoms with Gasteiger partial charge in [0.05, 0.1) is 6.10 Å². The quantitative estimate of drug-likeness (QED) is 0.451. The van der Waals surface area contributed by atoms with Gasteiger partial charge in [0, 0.05) is 5.41 Å². The zero-order valence-electron chi connectivity index (χ0n) is 21.1. The van der Waals surface area contributed by atoms with E-state index in [0.29, 0.717) is 10.8 Å². The molecule has 30 heavy (non-hydrogen) atoms. The fraction of sp³-hybridized carbons (Fsp3) is 0.931. The monoisotopic (exact) mass is 414 g/mol. The SMILES string of the molecule is CC(C)CCC[C@H](C)[C@H]1CC[C@H]2[C@@H]3CC=C4C(C)(C)[C@H](O)CC[C@]4(C)[C@H]3CC[C@]12C. The predicted octanol–water partition coefficient (Wildman–Crippen LogP) is 8.02. The van der Waals surface area contributed by atoms with Gasteiger partial charge in [-0.25, -0.2) is 0 Å². The second-order valence-electron chi connectivity index (χ2n) is 13.5. The van der Waals surface area contributed by atoms with Crippen LogP contribution in [0.2, 0.25) is 0 Å². The molecule has 4 rings (SSSR count). The first kappa shape index (κ1) is 22.9. The molecule has 0 saturated heterocycles. The van der Waals surface area contributed by atoms with E-state index in [1.807, 2.05) is 0 Å². The van der Waals surface area contributed by atoms with E-state index in [4.69, 9.17) is 0 Å². The number of fused-ring (bicyclic) bond motifs is 5. The number of allylic oxidation sites excluding steroid dienone is 1. The van der Waals surface area contributed by atoms with Gasteiger partial charge in [-0.2, -0.15) is 0 Å². The first-order valence-electron chi connectivity index (χ1n) is 13.4. The Bertz CT molecular complexity index is 659. The Morgan fingerprint density at radius 1 is 0.933 bits per heavy atom. The molecule has 4 aliphatic carbocycles. The highest BCUT2D eigenvalue weighted by atomic mass is 16.3. The molecule has 172 valence electrons. The Labute approximate surface area is 187 Å². The molecule has 1 N–H and O–H groups in total. The lowest BCUT2D eigenvalue weighted by atomic mass is 9.44. The molecule has 1 nitrogen and oxygen atoms in total. The third-order valence-corrected chi connectivity index (χ3v) is 11.1. The van der Waals surface area contributed by atoms with E-state index in [2.05, 4.69) is 54.5 Å². The molecular weight excluding hydrogens is 364 g/mol. The van der Waals surface area contributed by atoms with Crippen LogP contribution in [0.1, 0.15) is 113 Å². The molecule has 0 aromatic rings. The van der Waals surface area contributed by atoms with Crippen molar-refractivity contribution >= 4 is 0 Å². The summed E-state index contributed by atoms with van der Waals surface area (Å²) in [6.07, 6.45) is 16.0. The van der Waals surface area contributed by atoms with Crippen LogP contribution in [0.3, 0.4) is 0 Å². The third-order valence-electron chi connectivity index (χ3n) is 11.1. The highest BCUT2D eigenvalue weighted by Gasteiger charge is 2.61.